The Morgan fingerprint density at radius 3 is 2.46 bits per heavy atom. The molecular formula is C20H31NO3. The Labute approximate surface area is 145 Å². The van der Waals surface area contributed by atoms with Crippen molar-refractivity contribution < 1.29 is 14.6 Å². The number of esters is 1. The molecule has 2 rings (SSSR count). The van der Waals surface area contributed by atoms with Crippen molar-refractivity contribution in [2.24, 2.45) is 11.3 Å². The van der Waals surface area contributed by atoms with Gasteiger partial charge in [0.1, 0.15) is 6.10 Å². The van der Waals surface area contributed by atoms with Gasteiger partial charge in [-0.05, 0) is 43.5 Å². The fraction of sp³-hybridized carbons (Fsp3) is 0.650. The molecule has 0 aliphatic heterocycles. The number of rotatable bonds is 6. The van der Waals surface area contributed by atoms with Crippen LogP contribution in [0, 0.1) is 11.3 Å². The highest BCUT2D eigenvalue weighted by molar-refractivity contribution is 5.89. The first-order valence-electron chi connectivity index (χ1n) is 9.03. The van der Waals surface area contributed by atoms with E-state index in [1.807, 2.05) is 18.2 Å². The van der Waals surface area contributed by atoms with Crippen LogP contribution in [0.5, 0.6) is 0 Å². The predicted octanol–water partition coefficient (Wildman–Crippen LogP) is 3.35. The summed E-state index contributed by atoms with van der Waals surface area (Å²) in [5.74, 6) is -0.0991. The van der Waals surface area contributed by atoms with Crippen molar-refractivity contribution >= 4 is 5.97 Å². The summed E-state index contributed by atoms with van der Waals surface area (Å²) < 4.78 is 5.89. The van der Waals surface area contributed by atoms with Crippen LogP contribution in [0.3, 0.4) is 0 Å². The Balaban J connectivity index is 2.13. The quantitative estimate of drug-likeness (QED) is 0.811. The minimum Gasteiger partial charge on any atom is -0.458 e. The van der Waals surface area contributed by atoms with E-state index in [1.54, 1.807) is 12.1 Å². The average molecular weight is 333 g/mol. The van der Waals surface area contributed by atoms with E-state index < -0.39 is 0 Å². The topological polar surface area (TPSA) is 49.8 Å². The van der Waals surface area contributed by atoms with E-state index in [4.69, 9.17) is 4.74 Å². The molecule has 4 nitrogen and oxygen atoms in total. The Hall–Kier alpha value is -1.39. The third-order valence-electron chi connectivity index (χ3n) is 5.34. The van der Waals surface area contributed by atoms with E-state index in [0.29, 0.717) is 18.4 Å². The lowest BCUT2D eigenvalue weighted by molar-refractivity contribution is -0.0860. The summed E-state index contributed by atoms with van der Waals surface area (Å²) in [6.45, 7) is 11.2. The zero-order valence-corrected chi connectivity index (χ0v) is 15.4. The number of benzene rings is 1. The number of carbonyl (C=O) groups excluding carboxylic acids is 1. The zero-order valence-electron chi connectivity index (χ0n) is 15.4. The van der Waals surface area contributed by atoms with Gasteiger partial charge in [0, 0.05) is 12.5 Å². The molecule has 0 heterocycles. The van der Waals surface area contributed by atoms with Crippen LogP contribution in [0.15, 0.2) is 30.3 Å². The third kappa shape index (κ3) is 4.58. The van der Waals surface area contributed by atoms with Gasteiger partial charge in [0.15, 0.2) is 0 Å². The van der Waals surface area contributed by atoms with Crippen LogP contribution in [-0.4, -0.2) is 47.8 Å². The van der Waals surface area contributed by atoms with Gasteiger partial charge < -0.3 is 14.7 Å². The minimum atomic E-state index is -0.357. The van der Waals surface area contributed by atoms with Gasteiger partial charge in [-0.2, -0.15) is 0 Å². The summed E-state index contributed by atoms with van der Waals surface area (Å²) >= 11 is 0. The van der Waals surface area contributed by atoms with Crippen molar-refractivity contribution in [2.45, 2.75) is 52.7 Å². The van der Waals surface area contributed by atoms with Gasteiger partial charge in [-0.25, -0.2) is 4.79 Å². The first-order valence-corrected chi connectivity index (χ1v) is 9.03. The molecule has 1 aliphatic carbocycles. The van der Waals surface area contributed by atoms with Crippen molar-refractivity contribution in [3.8, 4) is 0 Å². The molecule has 0 saturated heterocycles. The molecule has 1 aromatic rings. The molecule has 3 atom stereocenters. The Bertz CT molecular complexity index is 523. The highest BCUT2D eigenvalue weighted by Gasteiger charge is 2.43. The van der Waals surface area contributed by atoms with Crippen LogP contribution < -0.4 is 0 Å². The molecular weight excluding hydrogens is 302 g/mol. The lowest BCUT2D eigenvalue weighted by atomic mass is 9.69. The van der Waals surface area contributed by atoms with Crippen molar-refractivity contribution in [1.29, 1.82) is 0 Å². The number of aliphatic hydroxyl groups is 1. The highest BCUT2D eigenvalue weighted by atomic mass is 16.5. The Kier molecular flexibility index (Phi) is 6.41. The molecule has 0 bridgehead atoms. The zero-order chi connectivity index (χ0) is 17.7. The minimum absolute atomic E-state index is 0.156. The van der Waals surface area contributed by atoms with Crippen LogP contribution in [0.2, 0.25) is 0 Å². The molecule has 4 heteroatoms. The molecule has 0 spiro atoms. The number of carbonyl (C=O) groups is 1. The van der Waals surface area contributed by atoms with Crippen molar-refractivity contribution in [2.75, 3.05) is 19.6 Å². The first-order chi connectivity index (χ1) is 11.4. The summed E-state index contributed by atoms with van der Waals surface area (Å²) in [4.78, 5) is 14.8. The van der Waals surface area contributed by atoms with E-state index in [-0.39, 0.29) is 29.5 Å². The van der Waals surface area contributed by atoms with Crippen LogP contribution >= 0.6 is 0 Å². The maximum atomic E-state index is 12.5. The molecule has 24 heavy (non-hydrogen) atoms. The Morgan fingerprint density at radius 2 is 1.88 bits per heavy atom. The smallest absolute Gasteiger partial charge is 0.338 e. The van der Waals surface area contributed by atoms with E-state index in [9.17, 15) is 9.90 Å². The van der Waals surface area contributed by atoms with Gasteiger partial charge >= 0.3 is 5.97 Å². The van der Waals surface area contributed by atoms with Crippen molar-refractivity contribution in [3.05, 3.63) is 35.9 Å². The standard InChI is InChI=1S/C20H31NO3/c1-5-21(6-2)14-16-12-18(22)20(3,4)13-17(16)24-19(23)15-10-8-7-9-11-15/h7-11,16-18,22H,5-6,12-14H2,1-4H3/t16-,17+,18-/m1/s1. The number of aliphatic hydroxyl groups excluding tert-OH is 1. The second kappa shape index (κ2) is 8.13. The van der Waals surface area contributed by atoms with Gasteiger partial charge in [0.25, 0.3) is 0 Å². The lowest BCUT2D eigenvalue weighted by Gasteiger charge is -2.44. The third-order valence-corrected chi connectivity index (χ3v) is 5.34. The second-order valence-electron chi connectivity index (χ2n) is 7.50. The van der Waals surface area contributed by atoms with Crippen LogP contribution in [0.4, 0.5) is 0 Å². The number of nitrogens with zero attached hydrogens (tertiary/aromatic N) is 1. The van der Waals surface area contributed by atoms with Crippen LogP contribution in [0.25, 0.3) is 0 Å². The molecule has 1 fully saturated rings. The Morgan fingerprint density at radius 1 is 1.25 bits per heavy atom. The molecule has 1 N–H and O–H groups in total. The van der Waals surface area contributed by atoms with Gasteiger partial charge in [-0.15, -0.1) is 0 Å². The number of ether oxygens (including phenoxy) is 1. The van der Waals surface area contributed by atoms with Crippen LogP contribution in [-0.2, 0) is 4.74 Å². The summed E-state index contributed by atoms with van der Waals surface area (Å²) in [5, 5.41) is 10.5. The van der Waals surface area contributed by atoms with Crippen molar-refractivity contribution in [3.63, 3.8) is 0 Å². The predicted molar refractivity (Wildman–Crippen MR) is 95.9 cm³/mol. The fourth-order valence-corrected chi connectivity index (χ4v) is 3.50. The average Bonchev–Trinajstić information content (AvgIpc) is 2.57. The summed E-state index contributed by atoms with van der Waals surface area (Å²) in [6.07, 6.45) is 0.857. The van der Waals surface area contributed by atoms with Gasteiger partial charge in [-0.3, -0.25) is 0 Å². The highest BCUT2D eigenvalue weighted by Crippen LogP contribution is 2.40. The molecule has 1 aliphatic rings. The number of hydrogen-bond donors (Lipinski definition) is 1. The largest absolute Gasteiger partial charge is 0.458 e. The molecule has 0 radical (unpaired) electrons. The van der Waals surface area contributed by atoms with E-state index in [2.05, 4.69) is 32.6 Å². The van der Waals surface area contributed by atoms with Crippen molar-refractivity contribution in [1.82, 2.24) is 4.90 Å². The van der Waals surface area contributed by atoms with E-state index in [0.717, 1.165) is 19.6 Å². The van der Waals surface area contributed by atoms with Gasteiger partial charge in [0.2, 0.25) is 0 Å². The molecule has 134 valence electrons. The number of hydrogen-bond acceptors (Lipinski definition) is 4. The normalized spacial score (nSPS) is 26.3. The van der Waals surface area contributed by atoms with E-state index in [1.165, 1.54) is 0 Å². The van der Waals surface area contributed by atoms with Gasteiger partial charge in [0.05, 0.1) is 11.7 Å². The van der Waals surface area contributed by atoms with Gasteiger partial charge in [-0.1, -0.05) is 45.9 Å². The SMILES string of the molecule is CCN(CC)C[C@H]1C[C@@H](O)C(C)(C)C[C@@H]1OC(=O)c1ccccc1. The maximum Gasteiger partial charge on any atom is 0.338 e. The monoisotopic (exact) mass is 333 g/mol. The molecule has 1 aromatic carbocycles. The summed E-state index contributed by atoms with van der Waals surface area (Å²) in [6, 6.07) is 9.15. The fourth-order valence-electron chi connectivity index (χ4n) is 3.50. The lowest BCUT2D eigenvalue weighted by Crippen LogP contribution is -2.49. The second-order valence-corrected chi connectivity index (χ2v) is 7.50. The molecule has 0 aromatic heterocycles. The van der Waals surface area contributed by atoms with Crippen LogP contribution in [0.1, 0.15) is 50.9 Å². The summed E-state index contributed by atoms with van der Waals surface area (Å²) in [5.41, 5.74) is 0.351. The summed E-state index contributed by atoms with van der Waals surface area (Å²) in [7, 11) is 0. The molecule has 0 amide bonds. The molecule has 1 saturated carbocycles. The maximum absolute atomic E-state index is 12.5. The molecule has 0 unspecified atom stereocenters. The van der Waals surface area contributed by atoms with E-state index >= 15 is 0 Å². The first kappa shape index (κ1) is 18.9.